The Kier molecular flexibility index (Phi) is 5.52. The summed E-state index contributed by atoms with van der Waals surface area (Å²) in [5, 5.41) is 12.1. The smallest absolute Gasteiger partial charge is 0.308 e. The van der Waals surface area contributed by atoms with Gasteiger partial charge < -0.3 is 10.4 Å². The maximum Gasteiger partial charge on any atom is 0.308 e. The molecular formula is C19H21NO3. The van der Waals surface area contributed by atoms with Crippen molar-refractivity contribution in [2.45, 2.75) is 20.3 Å². The van der Waals surface area contributed by atoms with Crippen LogP contribution in [0.5, 0.6) is 0 Å². The van der Waals surface area contributed by atoms with Crippen LogP contribution < -0.4 is 5.32 Å². The molecule has 0 aliphatic heterocycles. The van der Waals surface area contributed by atoms with Gasteiger partial charge in [-0.1, -0.05) is 48.0 Å². The summed E-state index contributed by atoms with van der Waals surface area (Å²) in [4.78, 5) is 23.7. The maximum atomic E-state index is 12.3. The van der Waals surface area contributed by atoms with Gasteiger partial charge in [-0.25, -0.2) is 0 Å². The molecule has 2 N–H and O–H groups in total. The van der Waals surface area contributed by atoms with Crippen molar-refractivity contribution in [1.82, 2.24) is 5.32 Å². The van der Waals surface area contributed by atoms with Crippen molar-refractivity contribution in [1.29, 1.82) is 0 Å². The average molecular weight is 311 g/mol. The summed E-state index contributed by atoms with van der Waals surface area (Å²) >= 11 is 0. The van der Waals surface area contributed by atoms with Gasteiger partial charge in [0.05, 0.1) is 5.92 Å². The normalized spacial score (nSPS) is 11.7. The van der Waals surface area contributed by atoms with Gasteiger partial charge in [-0.15, -0.1) is 0 Å². The molecule has 0 saturated carbocycles. The van der Waals surface area contributed by atoms with E-state index in [4.69, 9.17) is 0 Å². The fraction of sp³-hybridized carbons (Fsp3) is 0.263. The van der Waals surface area contributed by atoms with Gasteiger partial charge in [-0.05, 0) is 37.5 Å². The highest BCUT2D eigenvalue weighted by atomic mass is 16.4. The van der Waals surface area contributed by atoms with E-state index < -0.39 is 11.9 Å². The number of carbonyl (C=O) groups is 2. The van der Waals surface area contributed by atoms with Crippen LogP contribution in [-0.2, 0) is 11.2 Å². The molecule has 0 spiro atoms. The Morgan fingerprint density at radius 2 is 1.78 bits per heavy atom. The molecule has 0 heterocycles. The number of benzene rings is 2. The summed E-state index contributed by atoms with van der Waals surface area (Å²) in [5.74, 6) is -1.79. The molecule has 2 aromatic carbocycles. The molecule has 0 saturated heterocycles. The van der Waals surface area contributed by atoms with Gasteiger partial charge in [0.15, 0.2) is 0 Å². The molecule has 1 amide bonds. The first-order valence-electron chi connectivity index (χ1n) is 7.59. The highest BCUT2D eigenvalue weighted by Crippen LogP contribution is 2.12. The Bertz CT molecular complexity index is 695. The number of hydrogen-bond donors (Lipinski definition) is 2. The van der Waals surface area contributed by atoms with Crippen molar-refractivity contribution >= 4 is 11.9 Å². The van der Waals surface area contributed by atoms with Gasteiger partial charge >= 0.3 is 5.97 Å². The van der Waals surface area contributed by atoms with Gasteiger partial charge in [0.25, 0.3) is 5.91 Å². The second-order valence-electron chi connectivity index (χ2n) is 5.75. The van der Waals surface area contributed by atoms with Crippen molar-refractivity contribution in [3.63, 3.8) is 0 Å². The van der Waals surface area contributed by atoms with E-state index in [9.17, 15) is 14.7 Å². The Hall–Kier alpha value is -2.62. The molecular weight excluding hydrogens is 290 g/mol. The molecule has 0 radical (unpaired) electrons. The zero-order chi connectivity index (χ0) is 16.8. The second-order valence-corrected chi connectivity index (χ2v) is 5.75. The molecule has 0 aromatic heterocycles. The third-order valence-electron chi connectivity index (χ3n) is 3.82. The summed E-state index contributed by atoms with van der Waals surface area (Å²) in [7, 11) is 0. The van der Waals surface area contributed by atoms with E-state index in [1.54, 1.807) is 0 Å². The molecule has 4 heteroatoms. The topological polar surface area (TPSA) is 66.4 Å². The molecule has 1 atom stereocenters. The number of carboxylic acid groups (broad SMARTS) is 1. The average Bonchev–Trinajstić information content (AvgIpc) is 2.54. The largest absolute Gasteiger partial charge is 0.481 e. The molecule has 2 rings (SSSR count). The predicted octanol–water partition coefficient (Wildman–Crippen LogP) is 2.98. The monoisotopic (exact) mass is 311 g/mol. The van der Waals surface area contributed by atoms with E-state index in [0.717, 1.165) is 16.7 Å². The van der Waals surface area contributed by atoms with Crippen molar-refractivity contribution < 1.29 is 14.7 Å². The molecule has 2 aromatic rings. The highest BCUT2D eigenvalue weighted by molar-refractivity contribution is 5.96. The minimum atomic E-state index is -0.907. The van der Waals surface area contributed by atoms with Crippen LogP contribution in [0.1, 0.15) is 27.0 Å². The minimum absolute atomic E-state index is 0.108. The Morgan fingerprint density at radius 3 is 2.43 bits per heavy atom. The van der Waals surface area contributed by atoms with E-state index in [2.05, 4.69) is 5.32 Å². The van der Waals surface area contributed by atoms with Gasteiger partial charge in [0, 0.05) is 12.1 Å². The van der Waals surface area contributed by atoms with Crippen LogP contribution in [0.3, 0.4) is 0 Å². The Balaban J connectivity index is 2.02. The zero-order valence-corrected chi connectivity index (χ0v) is 13.4. The number of aliphatic carboxylic acids is 1. The summed E-state index contributed by atoms with van der Waals surface area (Å²) < 4.78 is 0. The summed E-state index contributed by atoms with van der Waals surface area (Å²) in [6.45, 7) is 3.90. The van der Waals surface area contributed by atoms with Gasteiger partial charge in [0.1, 0.15) is 0 Å². The lowest BCUT2D eigenvalue weighted by molar-refractivity contribution is -0.141. The van der Waals surface area contributed by atoms with Crippen molar-refractivity contribution in [2.24, 2.45) is 5.92 Å². The molecule has 1 unspecified atom stereocenters. The molecule has 23 heavy (non-hydrogen) atoms. The van der Waals surface area contributed by atoms with Gasteiger partial charge in [-0.2, -0.15) is 0 Å². The first-order valence-corrected chi connectivity index (χ1v) is 7.59. The van der Waals surface area contributed by atoms with Crippen LogP contribution in [0.4, 0.5) is 0 Å². The Labute approximate surface area is 136 Å². The van der Waals surface area contributed by atoms with Crippen LogP contribution in [0.2, 0.25) is 0 Å². The van der Waals surface area contributed by atoms with Crippen LogP contribution in [0, 0.1) is 19.8 Å². The van der Waals surface area contributed by atoms with Crippen molar-refractivity contribution in [3.05, 3.63) is 70.8 Å². The molecule has 120 valence electrons. The van der Waals surface area contributed by atoms with E-state index in [-0.39, 0.29) is 12.5 Å². The van der Waals surface area contributed by atoms with E-state index >= 15 is 0 Å². The van der Waals surface area contributed by atoms with Gasteiger partial charge in [-0.3, -0.25) is 9.59 Å². The fourth-order valence-corrected chi connectivity index (χ4v) is 2.44. The van der Waals surface area contributed by atoms with Crippen LogP contribution in [0.25, 0.3) is 0 Å². The molecule has 4 nitrogen and oxygen atoms in total. The van der Waals surface area contributed by atoms with Crippen LogP contribution in [-0.4, -0.2) is 23.5 Å². The lowest BCUT2D eigenvalue weighted by atomic mass is 9.99. The molecule has 0 aliphatic rings. The number of nitrogens with one attached hydrogen (secondary N) is 1. The van der Waals surface area contributed by atoms with Gasteiger partial charge in [0.2, 0.25) is 0 Å². The number of amides is 1. The summed E-state index contributed by atoms with van der Waals surface area (Å²) in [6.07, 6.45) is 0.392. The number of rotatable bonds is 6. The fourth-order valence-electron chi connectivity index (χ4n) is 2.44. The number of carbonyl (C=O) groups excluding carboxylic acids is 1. The lowest BCUT2D eigenvalue weighted by Crippen LogP contribution is -2.34. The highest BCUT2D eigenvalue weighted by Gasteiger charge is 2.19. The van der Waals surface area contributed by atoms with Crippen LogP contribution >= 0.6 is 0 Å². The lowest BCUT2D eigenvalue weighted by Gasteiger charge is -2.14. The van der Waals surface area contributed by atoms with E-state index in [1.807, 2.05) is 62.4 Å². The van der Waals surface area contributed by atoms with E-state index in [0.29, 0.717) is 12.0 Å². The zero-order valence-electron chi connectivity index (χ0n) is 13.4. The first kappa shape index (κ1) is 16.7. The SMILES string of the molecule is Cc1ccc(C)c(C(=O)NCC(Cc2ccccc2)C(=O)O)c1. The number of hydrogen-bond acceptors (Lipinski definition) is 2. The predicted molar refractivity (Wildman–Crippen MR) is 89.5 cm³/mol. The first-order chi connectivity index (χ1) is 11.0. The molecule has 0 aliphatic carbocycles. The second kappa shape index (κ2) is 7.58. The standard InChI is InChI=1S/C19H21NO3/c1-13-8-9-14(2)17(10-13)18(21)20-12-16(19(22)23)11-15-6-4-3-5-7-15/h3-10,16H,11-12H2,1-2H3,(H,20,21)(H,22,23). The van der Waals surface area contributed by atoms with Crippen LogP contribution in [0.15, 0.2) is 48.5 Å². The number of carboxylic acids is 1. The van der Waals surface area contributed by atoms with Crippen molar-refractivity contribution in [2.75, 3.05) is 6.54 Å². The van der Waals surface area contributed by atoms with E-state index in [1.165, 1.54) is 0 Å². The maximum absolute atomic E-state index is 12.3. The third-order valence-corrected chi connectivity index (χ3v) is 3.82. The van der Waals surface area contributed by atoms with Crippen molar-refractivity contribution in [3.8, 4) is 0 Å². The number of aryl methyl sites for hydroxylation is 2. The summed E-state index contributed by atoms with van der Waals surface area (Å²) in [5.41, 5.74) is 3.41. The minimum Gasteiger partial charge on any atom is -0.481 e. The molecule has 0 bridgehead atoms. The third kappa shape index (κ3) is 4.68. The summed E-state index contributed by atoms with van der Waals surface area (Å²) in [6, 6.07) is 15.1. The quantitative estimate of drug-likeness (QED) is 0.862. The Morgan fingerprint density at radius 1 is 1.09 bits per heavy atom. The molecule has 0 fully saturated rings.